The van der Waals surface area contributed by atoms with Gasteiger partial charge in [0.2, 0.25) is 11.8 Å². The number of rotatable bonds is 9. The van der Waals surface area contributed by atoms with E-state index in [-0.39, 0.29) is 19.4 Å². The molecule has 1 aromatic carbocycles. The molecule has 2 amide bonds. The Balaban J connectivity index is 1.45. The summed E-state index contributed by atoms with van der Waals surface area (Å²) in [5.41, 5.74) is 7.01. The Kier molecular flexibility index (Phi) is 6.77. The molecule has 33 heavy (non-hydrogen) atoms. The third-order valence-electron chi connectivity index (χ3n) is 5.37. The highest BCUT2D eigenvalue weighted by atomic mass is 16.6. The molecule has 0 aliphatic carbocycles. The maximum absolute atomic E-state index is 11.8. The molecule has 4 unspecified atom stereocenters. The Morgan fingerprint density at radius 3 is 2.64 bits per heavy atom. The molecule has 12 heteroatoms. The van der Waals surface area contributed by atoms with Crippen LogP contribution in [0.2, 0.25) is 0 Å². The molecule has 1 aliphatic rings. The number of nitrogens with one attached hydrogen (secondary N) is 2. The number of aliphatic hydroxyl groups is 2. The summed E-state index contributed by atoms with van der Waals surface area (Å²) in [6.45, 7) is 0.496. The number of aromatic nitrogens is 4. The minimum Gasteiger partial charge on any atom is -0.387 e. The maximum Gasteiger partial charge on any atom is 0.220 e. The van der Waals surface area contributed by atoms with Gasteiger partial charge in [-0.05, 0) is 5.56 Å². The first-order valence-corrected chi connectivity index (χ1v) is 10.5. The van der Waals surface area contributed by atoms with Crippen molar-refractivity contribution >= 4 is 28.8 Å². The van der Waals surface area contributed by atoms with Crippen LogP contribution in [0.4, 0.5) is 5.82 Å². The number of imidazole rings is 1. The Morgan fingerprint density at radius 1 is 1.09 bits per heavy atom. The van der Waals surface area contributed by atoms with Crippen molar-refractivity contribution in [3.8, 4) is 0 Å². The lowest BCUT2D eigenvalue weighted by atomic mass is 10.1. The first-order chi connectivity index (χ1) is 15.9. The van der Waals surface area contributed by atoms with Gasteiger partial charge in [-0.3, -0.25) is 14.2 Å². The highest BCUT2D eigenvalue weighted by molar-refractivity contribution is 5.83. The van der Waals surface area contributed by atoms with E-state index in [4.69, 9.17) is 10.5 Å². The Morgan fingerprint density at radius 2 is 1.88 bits per heavy atom. The van der Waals surface area contributed by atoms with Gasteiger partial charge in [0, 0.05) is 25.9 Å². The summed E-state index contributed by atoms with van der Waals surface area (Å²) in [5, 5.41) is 26.8. The molecule has 4 atom stereocenters. The number of amides is 2. The molecular weight excluding hydrogens is 430 g/mol. The molecule has 12 nitrogen and oxygen atoms in total. The van der Waals surface area contributed by atoms with E-state index < -0.39 is 36.4 Å². The van der Waals surface area contributed by atoms with Crippen LogP contribution in [0.5, 0.6) is 0 Å². The number of carbonyl (C=O) groups excluding carboxylic acids is 2. The largest absolute Gasteiger partial charge is 0.387 e. The fourth-order valence-electron chi connectivity index (χ4n) is 3.62. The average Bonchev–Trinajstić information content (AvgIpc) is 3.37. The van der Waals surface area contributed by atoms with Gasteiger partial charge in [0.05, 0.1) is 6.33 Å². The molecule has 0 saturated carbocycles. The second-order valence-corrected chi connectivity index (χ2v) is 7.70. The van der Waals surface area contributed by atoms with Crippen molar-refractivity contribution < 1.29 is 24.5 Å². The van der Waals surface area contributed by atoms with Gasteiger partial charge in [0.25, 0.3) is 0 Å². The van der Waals surface area contributed by atoms with Crippen molar-refractivity contribution in [2.45, 2.75) is 43.9 Å². The van der Waals surface area contributed by atoms with E-state index in [2.05, 4.69) is 25.6 Å². The zero-order valence-corrected chi connectivity index (χ0v) is 17.7. The number of hydrogen-bond donors (Lipinski definition) is 5. The van der Waals surface area contributed by atoms with E-state index >= 15 is 0 Å². The van der Waals surface area contributed by atoms with Gasteiger partial charge in [-0.1, -0.05) is 30.3 Å². The Hall–Kier alpha value is -3.61. The highest BCUT2D eigenvalue weighted by Gasteiger charge is 2.44. The molecule has 3 aromatic rings. The summed E-state index contributed by atoms with van der Waals surface area (Å²) in [5.74, 6) is -0.462. The van der Waals surface area contributed by atoms with Gasteiger partial charge in [-0.15, -0.1) is 0 Å². The first kappa shape index (κ1) is 22.6. The standard InChI is InChI=1S/C21H25N7O5/c22-14(29)6-7-15(30)23-9-13-17(31)18(32)21(33-13)28-11-27-16-19(25-10-26-20(16)28)24-8-12-4-2-1-3-5-12/h1-5,10-11,13,17-18,21,31-32H,6-9H2,(H2,22,29)(H,23,30)(H,24,25,26). The lowest BCUT2D eigenvalue weighted by Crippen LogP contribution is -2.40. The van der Waals surface area contributed by atoms with Crippen molar-refractivity contribution in [3.05, 3.63) is 48.5 Å². The monoisotopic (exact) mass is 455 g/mol. The van der Waals surface area contributed by atoms with Crippen LogP contribution in [-0.2, 0) is 20.9 Å². The van der Waals surface area contributed by atoms with E-state index in [9.17, 15) is 19.8 Å². The molecule has 1 aliphatic heterocycles. The third-order valence-corrected chi connectivity index (χ3v) is 5.37. The normalized spacial score (nSPS) is 22.4. The molecule has 0 radical (unpaired) electrons. The van der Waals surface area contributed by atoms with Gasteiger partial charge in [0.15, 0.2) is 23.2 Å². The van der Waals surface area contributed by atoms with E-state index in [0.29, 0.717) is 23.5 Å². The number of ether oxygens (including phenoxy) is 1. The molecule has 3 heterocycles. The fourth-order valence-corrected chi connectivity index (χ4v) is 3.62. The van der Waals surface area contributed by atoms with Crippen LogP contribution in [-0.4, -0.2) is 66.4 Å². The smallest absolute Gasteiger partial charge is 0.220 e. The van der Waals surface area contributed by atoms with Gasteiger partial charge < -0.3 is 31.3 Å². The number of nitrogens with two attached hydrogens (primary N) is 1. The molecule has 174 valence electrons. The number of carbonyl (C=O) groups is 2. The van der Waals surface area contributed by atoms with E-state index in [1.165, 1.54) is 17.2 Å². The zero-order chi connectivity index (χ0) is 23.4. The summed E-state index contributed by atoms with van der Waals surface area (Å²) in [6, 6.07) is 9.81. The van der Waals surface area contributed by atoms with Crippen molar-refractivity contribution in [3.63, 3.8) is 0 Å². The lowest BCUT2D eigenvalue weighted by Gasteiger charge is -2.16. The molecule has 2 aromatic heterocycles. The number of nitrogens with zero attached hydrogens (tertiary/aromatic N) is 4. The molecule has 0 spiro atoms. The van der Waals surface area contributed by atoms with Crippen molar-refractivity contribution in [2.24, 2.45) is 5.73 Å². The van der Waals surface area contributed by atoms with Crippen molar-refractivity contribution in [1.82, 2.24) is 24.8 Å². The SMILES string of the molecule is NC(=O)CCC(=O)NCC1OC(n2cnc3c(NCc4ccccc4)ncnc32)C(O)C1O. The predicted octanol–water partition coefficient (Wildman–Crippen LogP) is -0.561. The van der Waals surface area contributed by atoms with Gasteiger partial charge >= 0.3 is 0 Å². The zero-order valence-electron chi connectivity index (χ0n) is 17.7. The highest BCUT2D eigenvalue weighted by Crippen LogP contribution is 2.32. The number of anilines is 1. The molecule has 1 saturated heterocycles. The van der Waals surface area contributed by atoms with E-state index in [0.717, 1.165) is 5.56 Å². The van der Waals surface area contributed by atoms with Crippen LogP contribution in [0.1, 0.15) is 24.6 Å². The predicted molar refractivity (Wildman–Crippen MR) is 116 cm³/mol. The molecular formula is C21H25N7O5. The van der Waals surface area contributed by atoms with E-state index in [1.807, 2.05) is 30.3 Å². The van der Waals surface area contributed by atoms with Crippen LogP contribution in [0.25, 0.3) is 11.2 Å². The van der Waals surface area contributed by atoms with E-state index in [1.54, 1.807) is 0 Å². The maximum atomic E-state index is 11.8. The molecule has 0 bridgehead atoms. The van der Waals surface area contributed by atoms with Gasteiger partial charge in [-0.2, -0.15) is 0 Å². The van der Waals surface area contributed by atoms with Crippen LogP contribution in [0, 0.1) is 0 Å². The third kappa shape index (κ3) is 5.08. The lowest BCUT2D eigenvalue weighted by molar-refractivity contribution is -0.125. The number of fused-ring (bicyclic) bond motifs is 1. The topological polar surface area (TPSA) is 178 Å². The first-order valence-electron chi connectivity index (χ1n) is 10.5. The summed E-state index contributed by atoms with van der Waals surface area (Å²) in [6.07, 6.45) is -1.65. The number of hydrogen-bond acceptors (Lipinski definition) is 9. The average molecular weight is 455 g/mol. The Bertz CT molecular complexity index is 1120. The molecule has 6 N–H and O–H groups in total. The summed E-state index contributed by atoms with van der Waals surface area (Å²) in [4.78, 5) is 35.5. The number of primary amides is 1. The molecule has 4 rings (SSSR count). The van der Waals surface area contributed by atoms with Crippen LogP contribution < -0.4 is 16.4 Å². The van der Waals surface area contributed by atoms with Crippen LogP contribution >= 0.6 is 0 Å². The fraction of sp³-hybridized carbons (Fsp3) is 0.381. The second kappa shape index (κ2) is 9.90. The minimum atomic E-state index is -1.27. The summed E-state index contributed by atoms with van der Waals surface area (Å²) in [7, 11) is 0. The van der Waals surface area contributed by atoms with Crippen molar-refractivity contribution in [2.75, 3.05) is 11.9 Å². The quantitative estimate of drug-likeness (QED) is 0.283. The van der Waals surface area contributed by atoms with Crippen LogP contribution in [0.15, 0.2) is 43.0 Å². The van der Waals surface area contributed by atoms with Gasteiger partial charge in [-0.25, -0.2) is 15.0 Å². The minimum absolute atomic E-state index is 0.0438. The number of aliphatic hydroxyl groups excluding tert-OH is 2. The second-order valence-electron chi connectivity index (χ2n) is 7.70. The number of benzene rings is 1. The Labute approximate surface area is 188 Å². The molecule has 1 fully saturated rings. The summed E-state index contributed by atoms with van der Waals surface area (Å²) < 4.78 is 7.34. The van der Waals surface area contributed by atoms with Crippen LogP contribution in [0.3, 0.4) is 0 Å². The van der Waals surface area contributed by atoms with Gasteiger partial charge in [0.1, 0.15) is 24.6 Å². The summed E-state index contributed by atoms with van der Waals surface area (Å²) >= 11 is 0. The van der Waals surface area contributed by atoms with Crippen molar-refractivity contribution in [1.29, 1.82) is 0 Å².